The van der Waals surface area contributed by atoms with Gasteiger partial charge in [0.2, 0.25) is 11.8 Å². The first-order valence-corrected chi connectivity index (χ1v) is 8.62. The standard InChI is InChI=1S/C16H24N4O3/c1-10-18-16(23-19-10)14-8-17-15(21)13-3-6-20(5-2-12(13)14)11-4-7-22-9-11/h11-14H,2-9H2,1H3,(H,17,21)/t11-,12+,13-,14-/m1/s1. The average Bonchev–Trinajstić information content (AvgIpc) is 3.16. The van der Waals surface area contributed by atoms with Crippen LogP contribution in [0.2, 0.25) is 0 Å². The lowest BCUT2D eigenvalue weighted by atomic mass is 9.75. The number of carbonyl (C=O) groups excluding carboxylic acids is 1. The van der Waals surface area contributed by atoms with Crippen LogP contribution in [-0.2, 0) is 9.53 Å². The summed E-state index contributed by atoms with van der Waals surface area (Å²) in [5, 5.41) is 6.97. The molecule has 1 aromatic heterocycles. The van der Waals surface area contributed by atoms with E-state index < -0.39 is 0 Å². The van der Waals surface area contributed by atoms with Crippen molar-refractivity contribution < 1.29 is 14.1 Å². The maximum absolute atomic E-state index is 12.4. The predicted molar refractivity (Wildman–Crippen MR) is 81.8 cm³/mol. The molecule has 23 heavy (non-hydrogen) atoms. The van der Waals surface area contributed by atoms with Gasteiger partial charge in [-0.15, -0.1) is 0 Å². The molecule has 3 aliphatic rings. The number of aryl methyl sites for hydroxylation is 1. The SMILES string of the molecule is Cc1noc([C@@H]2CNC(=O)[C@@H]3CCN([C@@H]4CCOC4)CC[C@@H]32)n1. The van der Waals surface area contributed by atoms with Gasteiger partial charge in [0.05, 0.1) is 12.5 Å². The van der Waals surface area contributed by atoms with E-state index in [1.54, 1.807) is 0 Å². The van der Waals surface area contributed by atoms with E-state index in [-0.39, 0.29) is 23.7 Å². The first-order valence-electron chi connectivity index (χ1n) is 8.62. The molecule has 4 heterocycles. The highest BCUT2D eigenvalue weighted by molar-refractivity contribution is 5.80. The van der Waals surface area contributed by atoms with E-state index in [1.807, 2.05) is 6.92 Å². The minimum atomic E-state index is 0.0493. The third-order valence-corrected chi connectivity index (χ3v) is 5.63. The molecular weight excluding hydrogens is 296 g/mol. The van der Waals surface area contributed by atoms with Gasteiger partial charge in [-0.05, 0) is 45.2 Å². The number of rotatable bonds is 2. The number of nitrogens with zero attached hydrogens (tertiary/aromatic N) is 3. The summed E-state index contributed by atoms with van der Waals surface area (Å²) in [6.07, 6.45) is 3.01. The number of ether oxygens (including phenoxy) is 1. The quantitative estimate of drug-likeness (QED) is 0.864. The molecule has 4 atom stereocenters. The van der Waals surface area contributed by atoms with Crippen LogP contribution in [0.4, 0.5) is 0 Å². The monoisotopic (exact) mass is 320 g/mol. The highest BCUT2D eigenvalue weighted by atomic mass is 16.5. The molecule has 7 nitrogen and oxygen atoms in total. The first kappa shape index (κ1) is 15.1. The number of hydrogen-bond acceptors (Lipinski definition) is 6. The van der Waals surface area contributed by atoms with Crippen LogP contribution in [0.25, 0.3) is 0 Å². The molecule has 0 aromatic carbocycles. The summed E-state index contributed by atoms with van der Waals surface area (Å²) >= 11 is 0. The summed E-state index contributed by atoms with van der Waals surface area (Å²) in [5.41, 5.74) is 0. The number of amides is 1. The normalized spacial score (nSPS) is 35.6. The second-order valence-corrected chi connectivity index (χ2v) is 6.93. The Kier molecular flexibility index (Phi) is 4.07. The lowest BCUT2D eigenvalue weighted by molar-refractivity contribution is -0.129. The van der Waals surface area contributed by atoms with Crippen molar-refractivity contribution in [3.05, 3.63) is 11.7 Å². The second kappa shape index (κ2) is 6.20. The summed E-state index contributed by atoms with van der Waals surface area (Å²) in [6.45, 7) is 6.12. The van der Waals surface area contributed by atoms with Crippen molar-refractivity contribution in [1.82, 2.24) is 20.4 Å². The maximum Gasteiger partial charge on any atom is 0.231 e. The number of likely N-dealkylation sites (tertiary alicyclic amines) is 1. The highest BCUT2D eigenvalue weighted by Gasteiger charge is 2.43. The summed E-state index contributed by atoms with van der Waals surface area (Å²) in [4.78, 5) is 19.3. The van der Waals surface area contributed by atoms with Gasteiger partial charge in [0.25, 0.3) is 0 Å². The topological polar surface area (TPSA) is 80.5 Å². The van der Waals surface area contributed by atoms with E-state index in [0.717, 1.165) is 45.6 Å². The summed E-state index contributed by atoms with van der Waals surface area (Å²) in [7, 11) is 0. The van der Waals surface area contributed by atoms with Crippen LogP contribution in [0, 0.1) is 18.8 Å². The zero-order chi connectivity index (χ0) is 15.8. The Morgan fingerprint density at radius 1 is 1.22 bits per heavy atom. The molecule has 0 unspecified atom stereocenters. The summed E-state index contributed by atoms with van der Waals surface area (Å²) in [6, 6.07) is 0.516. The van der Waals surface area contributed by atoms with Crippen molar-refractivity contribution in [3.63, 3.8) is 0 Å². The molecule has 3 saturated heterocycles. The molecule has 4 rings (SSSR count). The van der Waals surface area contributed by atoms with Crippen LogP contribution in [0.15, 0.2) is 4.52 Å². The number of carbonyl (C=O) groups is 1. The van der Waals surface area contributed by atoms with Crippen molar-refractivity contribution in [2.75, 3.05) is 32.8 Å². The highest BCUT2D eigenvalue weighted by Crippen LogP contribution is 2.39. The van der Waals surface area contributed by atoms with Gasteiger partial charge < -0.3 is 14.6 Å². The molecule has 0 aliphatic carbocycles. The number of piperidine rings is 1. The Hall–Kier alpha value is -1.47. The van der Waals surface area contributed by atoms with Crippen LogP contribution < -0.4 is 5.32 Å². The Labute approximate surface area is 135 Å². The van der Waals surface area contributed by atoms with Crippen molar-refractivity contribution in [2.45, 2.75) is 38.1 Å². The van der Waals surface area contributed by atoms with E-state index in [9.17, 15) is 4.79 Å². The van der Waals surface area contributed by atoms with Crippen molar-refractivity contribution >= 4 is 5.91 Å². The Bertz CT molecular complexity index is 569. The van der Waals surface area contributed by atoms with Crippen LogP contribution in [0.3, 0.4) is 0 Å². The van der Waals surface area contributed by atoms with Crippen molar-refractivity contribution in [3.8, 4) is 0 Å². The van der Waals surface area contributed by atoms with Crippen molar-refractivity contribution in [2.24, 2.45) is 11.8 Å². The van der Waals surface area contributed by atoms with E-state index in [1.165, 1.54) is 0 Å². The van der Waals surface area contributed by atoms with Crippen LogP contribution >= 0.6 is 0 Å². The van der Waals surface area contributed by atoms with Gasteiger partial charge in [0.15, 0.2) is 5.82 Å². The fraction of sp³-hybridized carbons (Fsp3) is 0.812. The predicted octanol–water partition coefficient (Wildman–Crippen LogP) is 0.709. The van der Waals surface area contributed by atoms with Gasteiger partial charge in [-0.1, -0.05) is 5.16 Å². The van der Waals surface area contributed by atoms with Crippen LogP contribution in [0.5, 0.6) is 0 Å². The Balaban J connectivity index is 1.53. The van der Waals surface area contributed by atoms with Crippen LogP contribution in [0.1, 0.15) is 36.9 Å². The summed E-state index contributed by atoms with van der Waals surface area (Å²) in [5.74, 6) is 2.00. The average molecular weight is 320 g/mol. The molecule has 1 amide bonds. The molecule has 0 saturated carbocycles. The maximum atomic E-state index is 12.4. The zero-order valence-corrected chi connectivity index (χ0v) is 13.5. The van der Waals surface area contributed by atoms with E-state index in [2.05, 4.69) is 20.4 Å². The third-order valence-electron chi connectivity index (χ3n) is 5.63. The zero-order valence-electron chi connectivity index (χ0n) is 13.5. The minimum absolute atomic E-state index is 0.0493. The molecule has 0 spiro atoms. The Morgan fingerprint density at radius 2 is 2.09 bits per heavy atom. The molecule has 0 radical (unpaired) electrons. The number of nitrogens with one attached hydrogen (secondary N) is 1. The second-order valence-electron chi connectivity index (χ2n) is 6.93. The molecular formula is C16H24N4O3. The van der Waals surface area contributed by atoms with E-state index in [0.29, 0.717) is 24.3 Å². The molecule has 1 N–H and O–H groups in total. The number of hydrogen-bond donors (Lipinski definition) is 1. The summed E-state index contributed by atoms with van der Waals surface area (Å²) < 4.78 is 10.9. The fourth-order valence-corrected chi connectivity index (χ4v) is 4.36. The largest absolute Gasteiger partial charge is 0.380 e. The molecule has 1 aromatic rings. The fourth-order valence-electron chi connectivity index (χ4n) is 4.36. The molecule has 126 valence electrons. The first-order chi connectivity index (χ1) is 11.2. The third kappa shape index (κ3) is 2.87. The van der Waals surface area contributed by atoms with Gasteiger partial charge in [-0.2, -0.15) is 4.98 Å². The molecule has 0 bridgehead atoms. The molecule has 3 fully saturated rings. The van der Waals surface area contributed by atoms with Gasteiger partial charge in [-0.3, -0.25) is 9.69 Å². The smallest absolute Gasteiger partial charge is 0.231 e. The molecule has 3 aliphatic heterocycles. The van der Waals surface area contributed by atoms with Gasteiger partial charge in [0.1, 0.15) is 0 Å². The lowest BCUT2D eigenvalue weighted by Gasteiger charge is -2.34. The van der Waals surface area contributed by atoms with E-state index >= 15 is 0 Å². The van der Waals surface area contributed by atoms with Gasteiger partial charge in [0, 0.05) is 25.1 Å². The van der Waals surface area contributed by atoms with E-state index in [4.69, 9.17) is 9.26 Å². The lowest BCUT2D eigenvalue weighted by Crippen LogP contribution is -2.46. The Morgan fingerprint density at radius 3 is 2.83 bits per heavy atom. The minimum Gasteiger partial charge on any atom is -0.380 e. The van der Waals surface area contributed by atoms with Gasteiger partial charge >= 0.3 is 0 Å². The molecule has 7 heteroatoms. The van der Waals surface area contributed by atoms with Crippen LogP contribution in [-0.4, -0.2) is 59.8 Å². The van der Waals surface area contributed by atoms with Gasteiger partial charge in [-0.25, -0.2) is 0 Å². The number of fused-ring (bicyclic) bond motifs is 1. The number of aromatic nitrogens is 2. The van der Waals surface area contributed by atoms with Crippen molar-refractivity contribution in [1.29, 1.82) is 0 Å².